The van der Waals surface area contributed by atoms with Crippen molar-refractivity contribution in [3.05, 3.63) is 84.4 Å². The minimum atomic E-state index is -1.05. The summed E-state index contributed by atoms with van der Waals surface area (Å²) < 4.78 is 17.4. The highest BCUT2D eigenvalue weighted by Crippen LogP contribution is 2.39. The number of fused-ring (bicyclic) bond motifs is 2. The molecule has 0 radical (unpaired) electrons. The van der Waals surface area contributed by atoms with Crippen LogP contribution in [0, 0.1) is 16.7 Å². The van der Waals surface area contributed by atoms with Crippen LogP contribution in [0.2, 0.25) is 0 Å². The molecule has 0 aromatic heterocycles. The predicted molar refractivity (Wildman–Crippen MR) is 176 cm³/mol. The molecule has 0 amide bonds. The molecule has 4 rings (SSSR count). The van der Waals surface area contributed by atoms with E-state index < -0.39 is 40.3 Å². The first-order valence-corrected chi connectivity index (χ1v) is 15.4. The molecule has 238 valence electrons. The van der Waals surface area contributed by atoms with Crippen LogP contribution in [0.3, 0.4) is 0 Å². The maximum absolute atomic E-state index is 13.9. The molecule has 0 saturated heterocycles. The zero-order valence-corrected chi connectivity index (χ0v) is 27.3. The first-order chi connectivity index (χ1) is 21.1. The van der Waals surface area contributed by atoms with Gasteiger partial charge in [0, 0.05) is 5.56 Å². The topological polar surface area (TPSA) is 99.1 Å². The Morgan fingerprint density at radius 3 is 1.84 bits per heavy atom. The third-order valence-corrected chi connectivity index (χ3v) is 8.30. The van der Waals surface area contributed by atoms with Crippen molar-refractivity contribution < 1.29 is 33.7 Å². The van der Waals surface area contributed by atoms with Crippen LogP contribution >= 0.6 is 0 Å². The Labute approximate surface area is 265 Å². The standard InChI is InChI=1S/C38H44O7/c1-8-38(7,35(42)43-24-32-30-15-11-9-13-25(30)21-26-14-10-12-16-31(26)32)23-27(22-37(5,6)34(41)45-36(2,3)4)33(40)44-29-19-17-28(39)18-20-29/h9-21,27,39H,8,22-24H2,1-7H3. The van der Waals surface area contributed by atoms with E-state index in [9.17, 15) is 19.5 Å². The van der Waals surface area contributed by atoms with Crippen LogP contribution in [-0.2, 0) is 30.5 Å². The third kappa shape index (κ3) is 8.21. The molecular weight excluding hydrogens is 568 g/mol. The molecule has 45 heavy (non-hydrogen) atoms. The number of phenolic OH excluding ortho intramolecular Hbond substituents is 1. The molecule has 1 N–H and O–H groups in total. The number of carbonyl (C=O) groups excluding carboxylic acids is 3. The van der Waals surface area contributed by atoms with Crippen LogP contribution < -0.4 is 4.74 Å². The SMILES string of the molecule is CCC(C)(CC(CC(C)(C)C(=O)OC(C)(C)C)C(=O)Oc1ccc(O)cc1)C(=O)OCc1c2ccccc2cc2ccccc12. The summed E-state index contributed by atoms with van der Waals surface area (Å²) in [6.45, 7) is 12.6. The molecule has 4 aromatic rings. The fourth-order valence-electron chi connectivity index (χ4n) is 5.56. The van der Waals surface area contributed by atoms with Gasteiger partial charge in [-0.2, -0.15) is 0 Å². The van der Waals surface area contributed by atoms with E-state index in [4.69, 9.17) is 14.2 Å². The quantitative estimate of drug-likeness (QED) is 0.103. The highest BCUT2D eigenvalue weighted by molar-refractivity contribution is 6.02. The number of carbonyl (C=O) groups is 3. The largest absolute Gasteiger partial charge is 0.508 e. The number of hydrogen-bond acceptors (Lipinski definition) is 7. The third-order valence-electron chi connectivity index (χ3n) is 8.30. The Balaban J connectivity index is 1.61. The summed E-state index contributed by atoms with van der Waals surface area (Å²) in [6, 6.07) is 24.0. The summed E-state index contributed by atoms with van der Waals surface area (Å²) in [5.74, 6) is -2.00. The van der Waals surface area contributed by atoms with Gasteiger partial charge in [0.15, 0.2) is 0 Å². The number of phenols is 1. The summed E-state index contributed by atoms with van der Waals surface area (Å²) in [5, 5.41) is 13.8. The summed E-state index contributed by atoms with van der Waals surface area (Å²) in [5.41, 5.74) is -1.89. The van der Waals surface area contributed by atoms with Crippen molar-refractivity contribution in [2.45, 2.75) is 79.9 Å². The van der Waals surface area contributed by atoms with Crippen molar-refractivity contribution in [1.29, 1.82) is 0 Å². The zero-order valence-electron chi connectivity index (χ0n) is 27.3. The molecule has 0 aliphatic rings. The summed E-state index contributed by atoms with van der Waals surface area (Å²) in [6.07, 6.45) is 0.593. The van der Waals surface area contributed by atoms with Crippen molar-refractivity contribution >= 4 is 39.5 Å². The van der Waals surface area contributed by atoms with Gasteiger partial charge in [-0.05, 0) is 113 Å². The van der Waals surface area contributed by atoms with Crippen molar-refractivity contribution in [2.75, 3.05) is 0 Å². The fourth-order valence-corrected chi connectivity index (χ4v) is 5.56. The molecule has 7 heteroatoms. The highest BCUT2D eigenvalue weighted by Gasteiger charge is 2.43. The van der Waals surface area contributed by atoms with Crippen LogP contribution in [0.25, 0.3) is 21.5 Å². The van der Waals surface area contributed by atoms with E-state index in [1.165, 1.54) is 24.3 Å². The Morgan fingerprint density at radius 2 is 1.31 bits per heavy atom. The molecule has 0 aliphatic heterocycles. The second kappa shape index (κ2) is 13.3. The van der Waals surface area contributed by atoms with Gasteiger partial charge in [0.25, 0.3) is 0 Å². The van der Waals surface area contributed by atoms with E-state index in [-0.39, 0.29) is 30.9 Å². The van der Waals surface area contributed by atoms with E-state index in [0.29, 0.717) is 6.42 Å². The average Bonchev–Trinajstić information content (AvgIpc) is 2.98. The Morgan fingerprint density at radius 1 is 0.756 bits per heavy atom. The van der Waals surface area contributed by atoms with E-state index in [2.05, 4.69) is 6.07 Å². The first kappa shape index (κ1) is 33.5. The molecular formula is C38H44O7. The van der Waals surface area contributed by atoms with Gasteiger partial charge in [-0.15, -0.1) is 0 Å². The fraction of sp³-hybridized carbons (Fsp3) is 0.395. The van der Waals surface area contributed by atoms with Gasteiger partial charge < -0.3 is 19.3 Å². The summed E-state index contributed by atoms with van der Waals surface area (Å²) in [7, 11) is 0. The van der Waals surface area contributed by atoms with Gasteiger partial charge in [-0.1, -0.05) is 55.5 Å². The molecule has 2 unspecified atom stereocenters. The summed E-state index contributed by atoms with van der Waals surface area (Å²) in [4.78, 5) is 40.8. The van der Waals surface area contributed by atoms with E-state index >= 15 is 0 Å². The number of esters is 3. The number of hydrogen-bond donors (Lipinski definition) is 1. The van der Waals surface area contributed by atoms with Gasteiger partial charge in [0.2, 0.25) is 0 Å². The molecule has 2 atom stereocenters. The zero-order chi connectivity index (χ0) is 33.0. The molecule has 0 saturated carbocycles. The average molecular weight is 613 g/mol. The van der Waals surface area contributed by atoms with E-state index in [1.54, 1.807) is 41.5 Å². The van der Waals surface area contributed by atoms with Crippen LogP contribution in [0.5, 0.6) is 11.5 Å². The molecule has 7 nitrogen and oxygen atoms in total. The van der Waals surface area contributed by atoms with Crippen LogP contribution in [0.4, 0.5) is 0 Å². The highest BCUT2D eigenvalue weighted by atomic mass is 16.6. The van der Waals surface area contributed by atoms with Crippen molar-refractivity contribution in [1.82, 2.24) is 0 Å². The van der Waals surface area contributed by atoms with Gasteiger partial charge >= 0.3 is 17.9 Å². The lowest BCUT2D eigenvalue weighted by Crippen LogP contribution is -2.40. The second-order valence-corrected chi connectivity index (χ2v) is 13.7. The van der Waals surface area contributed by atoms with E-state index in [0.717, 1.165) is 27.1 Å². The minimum Gasteiger partial charge on any atom is -0.508 e. The normalized spacial score (nSPS) is 14.0. The summed E-state index contributed by atoms with van der Waals surface area (Å²) >= 11 is 0. The Kier molecular flexibility index (Phi) is 9.91. The smallest absolute Gasteiger partial charge is 0.314 e. The lowest BCUT2D eigenvalue weighted by atomic mass is 9.73. The Bertz CT molecular complexity index is 1630. The minimum absolute atomic E-state index is 0.0395. The van der Waals surface area contributed by atoms with Crippen LogP contribution in [0.15, 0.2) is 78.9 Å². The Hall–Kier alpha value is -4.39. The molecule has 0 fully saturated rings. The van der Waals surface area contributed by atoms with Crippen molar-refractivity contribution in [3.8, 4) is 11.5 Å². The van der Waals surface area contributed by atoms with Crippen molar-refractivity contribution in [2.24, 2.45) is 16.7 Å². The van der Waals surface area contributed by atoms with Crippen LogP contribution in [0.1, 0.15) is 73.3 Å². The van der Waals surface area contributed by atoms with Gasteiger partial charge in [-0.3, -0.25) is 14.4 Å². The van der Waals surface area contributed by atoms with Crippen molar-refractivity contribution in [3.63, 3.8) is 0 Å². The van der Waals surface area contributed by atoms with Crippen LogP contribution in [-0.4, -0.2) is 28.6 Å². The predicted octanol–water partition coefficient (Wildman–Crippen LogP) is 8.53. The van der Waals surface area contributed by atoms with E-state index in [1.807, 2.05) is 55.5 Å². The number of rotatable bonds is 11. The monoisotopic (exact) mass is 612 g/mol. The maximum Gasteiger partial charge on any atom is 0.314 e. The molecule has 0 bridgehead atoms. The number of aromatic hydroxyl groups is 1. The van der Waals surface area contributed by atoms with Gasteiger partial charge in [0.1, 0.15) is 23.7 Å². The van der Waals surface area contributed by atoms with Gasteiger partial charge in [-0.25, -0.2) is 0 Å². The van der Waals surface area contributed by atoms with Gasteiger partial charge in [0.05, 0.1) is 16.7 Å². The first-order valence-electron chi connectivity index (χ1n) is 15.4. The number of ether oxygens (including phenoxy) is 3. The molecule has 0 spiro atoms. The maximum atomic E-state index is 13.9. The lowest BCUT2D eigenvalue weighted by Gasteiger charge is -2.34. The molecule has 0 aliphatic carbocycles. The lowest BCUT2D eigenvalue weighted by molar-refractivity contribution is -0.167. The number of benzene rings is 4. The molecule has 4 aromatic carbocycles. The molecule has 0 heterocycles. The second-order valence-electron chi connectivity index (χ2n) is 13.7.